The number of nitrogens with zero attached hydrogens (tertiary/aromatic N) is 3. The normalized spacial score (nSPS) is 14.9. The number of rotatable bonds is 4. The first kappa shape index (κ1) is 19.3. The fourth-order valence-electron chi connectivity index (χ4n) is 1.66. The van der Waals surface area contributed by atoms with Crippen LogP contribution in [0.15, 0.2) is 24.3 Å². The smallest absolute Gasteiger partial charge is 0.198 e. The monoisotopic (exact) mass is 401 g/mol. The summed E-state index contributed by atoms with van der Waals surface area (Å²) in [5, 5.41) is -1.20. The molecule has 2 rings (SSSR count). The van der Waals surface area contributed by atoms with Gasteiger partial charge in [0.25, 0.3) is 0 Å². The van der Waals surface area contributed by atoms with E-state index in [4.69, 9.17) is 0 Å². The van der Waals surface area contributed by atoms with Crippen molar-refractivity contribution < 1.29 is 47.9 Å². The molecule has 140 valence electrons. The van der Waals surface area contributed by atoms with E-state index >= 15 is 0 Å². The molecule has 0 spiro atoms. The average molecular weight is 401 g/mol. The van der Waals surface area contributed by atoms with Gasteiger partial charge in [0.2, 0.25) is 0 Å². The van der Waals surface area contributed by atoms with Gasteiger partial charge < -0.3 is 0 Å². The van der Waals surface area contributed by atoms with E-state index in [2.05, 4.69) is 10.3 Å². The van der Waals surface area contributed by atoms with E-state index in [1.165, 1.54) is 6.07 Å². The number of fused-ring (bicyclic) bond motifs is 1. The molecule has 0 fully saturated rings. The Hall–Kier alpha value is -2.06. The molecule has 0 N–H and O–H groups in total. The molecule has 0 aliphatic heterocycles. The van der Waals surface area contributed by atoms with E-state index in [0.29, 0.717) is 0 Å². The van der Waals surface area contributed by atoms with E-state index < -0.39 is 48.4 Å². The highest BCUT2D eigenvalue weighted by Crippen LogP contribution is 2.55. The lowest BCUT2D eigenvalue weighted by Gasteiger charge is -2.32. The van der Waals surface area contributed by atoms with Gasteiger partial charge in [-0.2, -0.15) is 47.9 Å². The first-order valence-electron chi connectivity index (χ1n) is 5.85. The van der Waals surface area contributed by atoms with Gasteiger partial charge in [-0.05, 0) is 12.1 Å². The molecule has 5 nitrogen and oxygen atoms in total. The Labute approximate surface area is 132 Å². The minimum absolute atomic E-state index is 0.409. The summed E-state index contributed by atoms with van der Waals surface area (Å²) in [4.78, 5) is 0. The van der Waals surface area contributed by atoms with Crippen LogP contribution in [0.25, 0.3) is 11.0 Å². The van der Waals surface area contributed by atoms with Crippen LogP contribution in [0.4, 0.5) is 39.5 Å². The minimum atomic E-state index is -7.34. The molecule has 0 bridgehead atoms. The molecular formula is C10H4F9N3O2S. The maximum absolute atomic E-state index is 13.7. The SMILES string of the molecule is O=S(=O)(n1nnc2ccccc21)C(F)(F)C(F)(F)C(F)(F)C(F)(F)F. The predicted molar refractivity (Wildman–Crippen MR) is 62.7 cm³/mol. The first-order valence-corrected chi connectivity index (χ1v) is 7.29. The second-order valence-corrected chi connectivity index (χ2v) is 6.40. The van der Waals surface area contributed by atoms with Crippen LogP contribution in [0.1, 0.15) is 0 Å². The molecule has 1 aromatic carbocycles. The van der Waals surface area contributed by atoms with Gasteiger partial charge >= 0.3 is 33.3 Å². The van der Waals surface area contributed by atoms with Crippen molar-refractivity contribution in [3.8, 4) is 0 Å². The zero-order chi connectivity index (χ0) is 19.5. The standard InChI is InChI=1S/C10H4F9N3O2S/c11-7(12,9(15,16)17)8(13,14)10(18,19)25(23,24)22-6-4-2-1-3-5(6)20-21-22/h1-4H. The first-order chi connectivity index (χ1) is 11.1. The van der Waals surface area contributed by atoms with Crippen LogP contribution < -0.4 is 0 Å². The molecule has 15 heteroatoms. The van der Waals surface area contributed by atoms with Gasteiger partial charge in [-0.3, -0.25) is 0 Å². The molecule has 0 atom stereocenters. The van der Waals surface area contributed by atoms with Gasteiger partial charge in [0.15, 0.2) is 0 Å². The van der Waals surface area contributed by atoms with Gasteiger partial charge in [-0.25, -0.2) is 0 Å². The van der Waals surface area contributed by atoms with Crippen LogP contribution in [0.5, 0.6) is 0 Å². The molecule has 0 amide bonds. The summed E-state index contributed by atoms with van der Waals surface area (Å²) in [7, 11) is -6.84. The molecule has 1 heterocycles. The fraction of sp³-hybridized carbons (Fsp3) is 0.400. The number of halogens is 9. The summed E-state index contributed by atoms with van der Waals surface area (Å²) in [6, 6.07) is 4.02. The Balaban J connectivity index is 2.69. The molecule has 0 unspecified atom stereocenters. The molecule has 1 aromatic heterocycles. The summed E-state index contributed by atoms with van der Waals surface area (Å²) in [5.74, 6) is -14.7. The maximum Gasteiger partial charge on any atom is 0.460 e. The Morgan fingerprint density at radius 3 is 1.88 bits per heavy atom. The van der Waals surface area contributed by atoms with Gasteiger partial charge in [-0.1, -0.05) is 17.3 Å². The number of para-hydroxylation sites is 1. The predicted octanol–water partition coefficient (Wildman–Crippen LogP) is 3.03. The Bertz CT molecular complexity index is 904. The van der Waals surface area contributed by atoms with E-state index in [-0.39, 0.29) is 0 Å². The largest absolute Gasteiger partial charge is 0.460 e. The molecule has 0 radical (unpaired) electrons. The molecule has 0 aliphatic carbocycles. The van der Waals surface area contributed by atoms with Crippen molar-refractivity contribution in [2.45, 2.75) is 23.3 Å². The van der Waals surface area contributed by atoms with E-state index in [0.717, 1.165) is 18.2 Å². The molecular weight excluding hydrogens is 397 g/mol. The molecule has 2 aromatic rings. The highest BCUT2D eigenvalue weighted by Gasteiger charge is 2.85. The second kappa shape index (κ2) is 5.22. The van der Waals surface area contributed by atoms with Gasteiger partial charge in [0.05, 0.1) is 0 Å². The number of hydrogen-bond acceptors (Lipinski definition) is 4. The summed E-state index contributed by atoms with van der Waals surface area (Å²) in [5.41, 5.74) is -1.24. The number of alkyl halides is 9. The van der Waals surface area contributed by atoms with Crippen molar-refractivity contribution in [3.05, 3.63) is 24.3 Å². The number of hydrogen-bond donors (Lipinski definition) is 0. The highest BCUT2D eigenvalue weighted by molar-refractivity contribution is 7.91. The van der Waals surface area contributed by atoms with Gasteiger partial charge in [0.1, 0.15) is 11.0 Å². The van der Waals surface area contributed by atoms with Crippen molar-refractivity contribution in [3.63, 3.8) is 0 Å². The summed E-state index contributed by atoms with van der Waals surface area (Å²) in [6.07, 6.45) is -7.14. The lowest BCUT2D eigenvalue weighted by molar-refractivity contribution is -0.382. The molecule has 0 saturated heterocycles. The Kier molecular flexibility index (Phi) is 4.02. The quantitative estimate of drug-likeness (QED) is 0.739. The van der Waals surface area contributed by atoms with Crippen LogP contribution in [0, 0.1) is 0 Å². The topological polar surface area (TPSA) is 64.8 Å². The van der Waals surface area contributed by atoms with E-state index in [1.807, 2.05) is 0 Å². The molecule has 0 aliphatic rings. The summed E-state index contributed by atoms with van der Waals surface area (Å²) >= 11 is 0. The van der Waals surface area contributed by atoms with Gasteiger partial charge in [-0.15, -0.1) is 9.19 Å². The zero-order valence-corrected chi connectivity index (χ0v) is 12.1. The van der Waals surface area contributed by atoms with Crippen molar-refractivity contribution in [2.75, 3.05) is 0 Å². The van der Waals surface area contributed by atoms with Crippen LogP contribution in [0.2, 0.25) is 0 Å². The van der Waals surface area contributed by atoms with Crippen molar-refractivity contribution in [1.82, 2.24) is 14.4 Å². The third-order valence-corrected chi connectivity index (χ3v) is 4.62. The van der Waals surface area contributed by atoms with Crippen LogP contribution in [-0.2, 0) is 10.0 Å². The number of aromatic nitrogens is 3. The molecule has 25 heavy (non-hydrogen) atoms. The Morgan fingerprint density at radius 2 is 1.36 bits per heavy atom. The van der Waals surface area contributed by atoms with E-state index in [9.17, 15) is 47.9 Å². The third-order valence-electron chi connectivity index (χ3n) is 2.99. The maximum atomic E-state index is 13.7. The molecule has 0 saturated carbocycles. The minimum Gasteiger partial charge on any atom is -0.198 e. The van der Waals surface area contributed by atoms with Crippen molar-refractivity contribution in [1.29, 1.82) is 0 Å². The highest BCUT2D eigenvalue weighted by atomic mass is 32.2. The Morgan fingerprint density at radius 1 is 0.840 bits per heavy atom. The van der Waals surface area contributed by atoms with Gasteiger partial charge in [0, 0.05) is 0 Å². The summed E-state index contributed by atoms with van der Waals surface area (Å²) in [6.45, 7) is 0. The lowest BCUT2D eigenvalue weighted by Crippen LogP contribution is -2.64. The fourth-order valence-corrected chi connectivity index (χ4v) is 2.87. The van der Waals surface area contributed by atoms with Crippen molar-refractivity contribution in [2.24, 2.45) is 0 Å². The average Bonchev–Trinajstić information content (AvgIpc) is 2.89. The van der Waals surface area contributed by atoms with Crippen LogP contribution in [0.3, 0.4) is 0 Å². The van der Waals surface area contributed by atoms with Crippen molar-refractivity contribution >= 4 is 21.1 Å². The summed E-state index contributed by atoms with van der Waals surface area (Å²) < 4.78 is 138. The van der Waals surface area contributed by atoms with E-state index in [1.54, 1.807) is 0 Å². The van der Waals surface area contributed by atoms with Crippen LogP contribution in [-0.4, -0.2) is 46.1 Å². The third kappa shape index (κ3) is 2.43. The van der Waals surface area contributed by atoms with Crippen LogP contribution >= 0.6 is 0 Å². The lowest BCUT2D eigenvalue weighted by atomic mass is 10.1. The zero-order valence-electron chi connectivity index (χ0n) is 11.3. The second-order valence-electron chi connectivity index (χ2n) is 4.59. The number of benzene rings is 1.